The Morgan fingerprint density at radius 1 is 1.00 bits per heavy atom. The van der Waals surface area contributed by atoms with Crippen molar-refractivity contribution < 1.29 is 14.4 Å². The first-order chi connectivity index (χ1) is 12.3. The van der Waals surface area contributed by atoms with Gasteiger partial charge < -0.3 is 0 Å². The molecule has 0 bridgehead atoms. The molecule has 1 aromatic heterocycles. The number of ketones is 1. The van der Waals surface area contributed by atoms with E-state index in [0.29, 0.717) is 16.4 Å². The van der Waals surface area contributed by atoms with Gasteiger partial charge in [0.25, 0.3) is 5.91 Å². The molecule has 0 radical (unpaired) electrons. The predicted molar refractivity (Wildman–Crippen MR) is 106 cm³/mol. The summed E-state index contributed by atoms with van der Waals surface area (Å²) in [5.74, 6) is -0.324. The molecule has 1 aromatic carbocycles. The van der Waals surface area contributed by atoms with Gasteiger partial charge in [0.15, 0.2) is 5.78 Å². The quantitative estimate of drug-likeness (QED) is 0.505. The average molecular weight is 437 g/mol. The SMILES string of the molecule is CC(C)Cc1ccc(C(=O)CCC(=O)NNC(=O)c2ccc(Br)s2)cc1. The molecule has 2 amide bonds. The Balaban J connectivity index is 1.76. The maximum atomic E-state index is 12.2. The van der Waals surface area contributed by atoms with E-state index in [9.17, 15) is 14.4 Å². The number of thiophene rings is 1. The minimum absolute atomic E-state index is 0.0149. The third kappa shape index (κ3) is 6.38. The maximum Gasteiger partial charge on any atom is 0.279 e. The zero-order valence-corrected chi connectivity index (χ0v) is 17.1. The van der Waals surface area contributed by atoms with Gasteiger partial charge in [-0.05, 0) is 46.0 Å². The number of carbonyl (C=O) groups is 3. The summed E-state index contributed by atoms with van der Waals surface area (Å²) < 4.78 is 0.832. The van der Waals surface area contributed by atoms with Crippen molar-refractivity contribution in [1.82, 2.24) is 10.9 Å². The summed E-state index contributed by atoms with van der Waals surface area (Å²) in [5.41, 5.74) is 6.46. The Kier molecular flexibility index (Phi) is 7.53. The fourth-order valence-corrected chi connectivity index (χ4v) is 3.64. The summed E-state index contributed by atoms with van der Waals surface area (Å²) in [6.45, 7) is 4.29. The number of hydrogen-bond acceptors (Lipinski definition) is 4. The highest BCUT2D eigenvalue weighted by atomic mass is 79.9. The number of carbonyl (C=O) groups excluding carboxylic acids is 3. The molecule has 2 aromatic rings. The second-order valence-corrected chi connectivity index (χ2v) is 8.79. The van der Waals surface area contributed by atoms with Crippen LogP contribution >= 0.6 is 27.3 Å². The largest absolute Gasteiger partial charge is 0.294 e. The summed E-state index contributed by atoms with van der Waals surface area (Å²) in [7, 11) is 0. The lowest BCUT2D eigenvalue weighted by molar-refractivity contribution is -0.121. The first-order valence-corrected chi connectivity index (χ1v) is 9.92. The Morgan fingerprint density at radius 3 is 2.27 bits per heavy atom. The molecule has 0 saturated heterocycles. The molecule has 0 fully saturated rings. The average Bonchev–Trinajstić information content (AvgIpc) is 3.04. The van der Waals surface area contributed by atoms with Gasteiger partial charge in [-0.15, -0.1) is 11.3 Å². The molecule has 26 heavy (non-hydrogen) atoms. The predicted octanol–water partition coefficient (Wildman–Crippen LogP) is 4.13. The highest BCUT2D eigenvalue weighted by molar-refractivity contribution is 9.11. The standard InChI is InChI=1S/C19H21BrN2O3S/c1-12(2)11-13-3-5-14(6-4-13)15(23)7-10-18(24)21-22-19(25)16-8-9-17(20)26-16/h3-6,8-9,12H,7,10-11H2,1-2H3,(H,21,24)(H,22,25). The first kappa shape index (κ1) is 20.3. The fraction of sp³-hybridized carbons (Fsp3) is 0.316. The summed E-state index contributed by atoms with van der Waals surface area (Å²) in [6, 6.07) is 10.9. The van der Waals surface area contributed by atoms with E-state index >= 15 is 0 Å². The van der Waals surface area contributed by atoms with Crippen molar-refractivity contribution in [2.75, 3.05) is 0 Å². The van der Waals surface area contributed by atoms with Gasteiger partial charge in [0.05, 0.1) is 8.66 Å². The van der Waals surface area contributed by atoms with Crippen LogP contribution in [0.4, 0.5) is 0 Å². The number of Topliss-reactive ketones (excluding diaryl/α,β-unsaturated/α-hetero) is 1. The topological polar surface area (TPSA) is 75.3 Å². The Hall–Kier alpha value is -1.99. The van der Waals surface area contributed by atoms with Crippen molar-refractivity contribution in [2.24, 2.45) is 5.92 Å². The normalized spacial score (nSPS) is 10.6. The van der Waals surface area contributed by atoms with E-state index in [-0.39, 0.29) is 24.5 Å². The number of benzene rings is 1. The Morgan fingerprint density at radius 2 is 1.69 bits per heavy atom. The van der Waals surface area contributed by atoms with Gasteiger partial charge in [-0.25, -0.2) is 0 Å². The van der Waals surface area contributed by atoms with Crippen molar-refractivity contribution in [3.05, 3.63) is 56.2 Å². The second-order valence-electron chi connectivity index (χ2n) is 6.32. The Bertz CT molecular complexity index is 784. The lowest BCUT2D eigenvalue weighted by atomic mass is 9.99. The maximum absolute atomic E-state index is 12.2. The van der Waals surface area contributed by atoms with Crippen molar-refractivity contribution in [2.45, 2.75) is 33.1 Å². The molecule has 2 rings (SSSR count). The van der Waals surface area contributed by atoms with E-state index in [1.54, 1.807) is 24.3 Å². The zero-order chi connectivity index (χ0) is 19.1. The monoisotopic (exact) mass is 436 g/mol. The van der Waals surface area contributed by atoms with E-state index in [2.05, 4.69) is 40.6 Å². The summed E-state index contributed by atoms with van der Waals surface area (Å²) in [5, 5.41) is 0. The lowest BCUT2D eigenvalue weighted by Gasteiger charge is -2.07. The lowest BCUT2D eigenvalue weighted by Crippen LogP contribution is -2.41. The molecule has 1 heterocycles. The molecule has 0 atom stereocenters. The molecule has 0 saturated carbocycles. The highest BCUT2D eigenvalue weighted by Crippen LogP contribution is 2.21. The molecule has 0 spiro atoms. The number of amides is 2. The van der Waals surface area contributed by atoms with E-state index in [4.69, 9.17) is 0 Å². The molecule has 0 unspecified atom stereocenters. The van der Waals surface area contributed by atoms with Crippen LogP contribution in [0, 0.1) is 5.92 Å². The molecule has 138 valence electrons. The second kappa shape index (κ2) is 9.64. The van der Waals surface area contributed by atoms with Crippen molar-refractivity contribution in [1.29, 1.82) is 0 Å². The van der Waals surface area contributed by atoms with Crippen LogP contribution in [0.15, 0.2) is 40.2 Å². The highest BCUT2D eigenvalue weighted by Gasteiger charge is 2.12. The number of halogens is 1. The van der Waals surface area contributed by atoms with Crippen LogP contribution in [0.3, 0.4) is 0 Å². The van der Waals surface area contributed by atoms with Crippen LogP contribution < -0.4 is 10.9 Å². The van der Waals surface area contributed by atoms with Gasteiger partial charge in [0.1, 0.15) is 0 Å². The van der Waals surface area contributed by atoms with Crippen molar-refractivity contribution in [3.8, 4) is 0 Å². The summed E-state index contributed by atoms with van der Waals surface area (Å²) in [6.07, 6.45) is 1.08. The third-order valence-electron chi connectivity index (χ3n) is 3.61. The Labute approximate surface area is 165 Å². The van der Waals surface area contributed by atoms with Crippen LogP contribution in [0.5, 0.6) is 0 Å². The minimum Gasteiger partial charge on any atom is -0.294 e. The van der Waals surface area contributed by atoms with Gasteiger partial charge in [-0.3, -0.25) is 25.2 Å². The third-order valence-corrected chi connectivity index (χ3v) is 5.23. The molecule has 0 aliphatic rings. The molecular formula is C19H21BrN2O3S. The smallest absolute Gasteiger partial charge is 0.279 e. The first-order valence-electron chi connectivity index (χ1n) is 8.32. The van der Waals surface area contributed by atoms with Gasteiger partial charge in [0, 0.05) is 18.4 Å². The van der Waals surface area contributed by atoms with Crippen LogP contribution in [-0.2, 0) is 11.2 Å². The van der Waals surface area contributed by atoms with Crippen LogP contribution in [0.2, 0.25) is 0 Å². The van der Waals surface area contributed by atoms with Crippen LogP contribution in [-0.4, -0.2) is 17.6 Å². The summed E-state index contributed by atoms with van der Waals surface area (Å²) >= 11 is 4.54. The zero-order valence-electron chi connectivity index (χ0n) is 14.7. The summed E-state index contributed by atoms with van der Waals surface area (Å²) in [4.78, 5) is 36.3. The van der Waals surface area contributed by atoms with E-state index in [1.165, 1.54) is 16.9 Å². The molecule has 5 nitrogen and oxygen atoms in total. The number of hydrogen-bond donors (Lipinski definition) is 2. The fourth-order valence-electron chi connectivity index (χ4n) is 2.36. The molecule has 7 heteroatoms. The van der Waals surface area contributed by atoms with E-state index in [0.717, 1.165) is 10.2 Å². The minimum atomic E-state index is -0.404. The molecule has 2 N–H and O–H groups in total. The van der Waals surface area contributed by atoms with Gasteiger partial charge in [-0.2, -0.15) is 0 Å². The van der Waals surface area contributed by atoms with Crippen molar-refractivity contribution in [3.63, 3.8) is 0 Å². The van der Waals surface area contributed by atoms with E-state index in [1.807, 2.05) is 12.1 Å². The van der Waals surface area contributed by atoms with Crippen LogP contribution in [0.25, 0.3) is 0 Å². The van der Waals surface area contributed by atoms with Crippen LogP contribution in [0.1, 0.15) is 52.3 Å². The molecular weight excluding hydrogens is 416 g/mol. The van der Waals surface area contributed by atoms with Gasteiger partial charge >= 0.3 is 0 Å². The number of hydrazine groups is 1. The van der Waals surface area contributed by atoms with Gasteiger partial charge in [0.2, 0.25) is 5.91 Å². The molecule has 0 aliphatic carbocycles. The van der Waals surface area contributed by atoms with E-state index < -0.39 is 5.91 Å². The number of rotatable bonds is 7. The van der Waals surface area contributed by atoms with Gasteiger partial charge in [-0.1, -0.05) is 38.1 Å². The number of nitrogens with one attached hydrogen (secondary N) is 2. The van der Waals surface area contributed by atoms with Crippen molar-refractivity contribution >= 4 is 44.9 Å². The molecule has 0 aliphatic heterocycles.